The van der Waals surface area contributed by atoms with Crippen molar-refractivity contribution in [3.63, 3.8) is 0 Å². The molecule has 5 nitrogen and oxygen atoms in total. The van der Waals surface area contributed by atoms with Crippen LogP contribution in [0, 0.1) is 5.41 Å². The first-order chi connectivity index (χ1) is 6.35. The number of carboxylic acids is 1. The first kappa shape index (κ1) is 10.8. The molecule has 0 spiro atoms. The molecule has 80 valence electrons. The molecule has 2 N–H and O–H groups in total. The number of aliphatic carboxylic acids is 1. The second-order valence-corrected chi connectivity index (χ2v) is 4.33. The van der Waals surface area contributed by atoms with Crippen molar-refractivity contribution in [3.8, 4) is 0 Å². The van der Waals surface area contributed by atoms with Crippen LogP contribution in [-0.4, -0.2) is 41.1 Å². The Bertz CT molecular complexity index is 257. The molecule has 0 aliphatic carbocycles. The molecule has 0 saturated carbocycles. The molecule has 2 amide bonds. The summed E-state index contributed by atoms with van der Waals surface area (Å²) in [4.78, 5) is 23.6. The third-order valence-electron chi connectivity index (χ3n) is 2.30. The number of hydrogen-bond acceptors (Lipinski definition) is 2. The van der Waals surface area contributed by atoms with Gasteiger partial charge < -0.3 is 15.3 Å². The first-order valence-electron chi connectivity index (χ1n) is 4.64. The highest BCUT2D eigenvalue weighted by molar-refractivity contribution is 5.82. The second kappa shape index (κ2) is 3.48. The molecule has 0 radical (unpaired) electrons. The van der Waals surface area contributed by atoms with Crippen LogP contribution in [0.1, 0.15) is 20.8 Å². The number of rotatable bonds is 2. The summed E-state index contributed by atoms with van der Waals surface area (Å²) >= 11 is 0. The van der Waals surface area contributed by atoms with E-state index in [1.165, 1.54) is 4.90 Å². The molecular formula is C9H16N2O3. The number of carbonyl (C=O) groups excluding carboxylic acids is 1. The summed E-state index contributed by atoms with van der Waals surface area (Å²) in [6.45, 7) is 5.97. The van der Waals surface area contributed by atoms with Crippen LogP contribution in [0.2, 0.25) is 0 Å². The third-order valence-corrected chi connectivity index (χ3v) is 2.30. The second-order valence-electron chi connectivity index (χ2n) is 4.33. The minimum Gasteiger partial charge on any atom is -0.481 e. The lowest BCUT2D eigenvalue weighted by molar-refractivity contribution is -0.155. The molecule has 1 saturated heterocycles. The fourth-order valence-corrected chi connectivity index (χ4v) is 1.41. The van der Waals surface area contributed by atoms with E-state index in [1.807, 2.05) is 13.8 Å². The monoisotopic (exact) mass is 200 g/mol. The Balaban J connectivity index is 2.41. The predicted octanol–water partition coefficient (Wildman–Crippen LogP) is 0.511. The number of carboxylic acid groups (broad SMARTS) is 1. The highest BCUT2D eigenvalue weighted by atomic mass is 16.4. The lowest BCUT2D eigenvalue weighted by atomic mass is 9.82. The van der Waals surface area contributed by atoms with E-state index >= 15 is 0 Å². The molecule has 0 atom stereocenters. The van der Waals surface area contributed by atoms with Gasteiger partial charge in [-0.25, -0.2) is 4.79 Å². The Morgan fingerprint density at radius 3 is 2.29 bits per heavy atom. The van der Waals surface area contributed by atoms with E-state index in [0.717, 1.165) is 0 Å². The van der Waals surface area contributed by atoms with E-state index in [-0.39, 0.29) is 12.1 Å². The fraction of sp³-hybridized carbons (Fsp3) is 0.778. The lowest BCUT2D eigenvalue weighted by Crippen LogP contribution is -2.63. The van der Waals surface area contributed by atoms with Gasteiger partial charge in [0.25, 0.3) is 0 Å². The third kappa shape index (κ3) is 1.97. The van der Waals surface area contributed by atoms with Crippen LogP contribution in [0.15, 0.2) is 0 Å². The van der Waals surface area contributed by atoms with Gasteiger partial charge in [-0.15, -0.1) is 0 Å². The Morgan fingerprint density at radius 2 is 1.93 bits per heavy atom. The maximum absolute atomic E-state index is 11.4. The van der Waals surface area contributed by atoms with Crippen LogP contribution in [0.5, 0.6) is 0 Å². The smallest absolute Gasteiger partial charge is 0.317 e. The van der Waals surface area contributed by atoms with Crippen LogP contribution in [0.4, 0.5) is 4.79 Å². The standard InChI is InChI=1S/C9H16N2O3/c1-6(2)10-8(14)11-4-9(3,5-11)7(12)13/h6H,4-5H2,1-3H3,(H,10,14)(H,12,13). The van der Waals surface area contributed by atoms with Crippen LogP contribution in [-0.2, 0) is 4.79 Å². The maximum atomic E-state index is 11.4. The van der Waals surface area contributed by atoms with Gasteiger partial charge in [0.05, 0.1) is 0 Å². The summed E-state index contributed by atoms with van der Waals surface area (Å²) in [7, 11) is 0. The Morgan fingerprint density at radius 1 is 1.43 bits per heavy atom. The van der Waals surface area contributed by atoms with Crippen molar-refractivity contribution in [1.82, 2.24) is 10.2 Å². The summed E-state index contributed by atoms with van der Waals surface area (Å²) in [6, 6.07) is -0.0992. The molecule has 0 bridgehead atoms. The van der Waals surface area contributed by atoms with Gasteiger partial charge in [0.15, 0.2) is 0 Å². The number of amides is 2. The average molecular weight is 200 g/mol. The van der Waals surface area contributed by atoms with Gasteiger partial charge in [-0.1, -0.05) is 0 Å². The van der Waals surface area contributed by atoms with Crippen molar-refractivity contribution in [2.75, 3.05) is 13.1 Å². The molecule has 1 rings (SSSR count). The first-order valence-corrected chi connectivity index (χ1v) is 4.64. The van der Waals surface area contributed by atoms with Crippen molar-refractivity contribution < 1.29 is 14.7 Å². The van der Waals surface area contributed by atoms with Gasteiger partial charge in [-0.2, -0.15) is 0 Å². The van der Waals surface area contributed by atoms with Crippen LogP contribution in [0.25, 0.3) is 0 Å². The highest BCUT2D eigenvalue weighted by Gasteiger charge is 2.47. The molecule has 0 unspecified atom stereocenters. The van der Waals surface area contributed by atoms with Crippen molar-refractivity contribution >= 4 is 12.0 Å². The van der Waals surface area contributed by atoms with E-state index in [4.69, 9.17) is 5.11 Å². The fourth-order valence-electron chi connectivity index (χ4n) is 1.41. The maximum Gasteiger partial charge on any atom is 0.317 e. The van der Waals surface area contributed by atoms with Crippen molar-refractivity contribution in [2.45, 2.75) is 26.8 Å². The van der Waals surface area contributed by atoms with Gasteiger partial charge in [-0.3, -0.25) is 4.79 Å². The number of carbonyl (C=O) groups is 2. The molecule has 1 aliphatic heterocycles. The molecule has 1 aliphatic rings. The number of nitrogens with one attached hydrogen (secondary N) is 1. The quantitative estimate of drug-likeness (QED) is 0.682. The lowest BCUT2D eigenvalue weighted by Gasteiger charge is -2.44. The van der Waals surface area contributed by atoms with Gasteiger partial charge in [0.2, 0.25) is 0 Å². The zero-order chi connectivity index (χ0) is 10.9. The van der Waals surface area contributed by atoms with Crippen LogP contribution in [0.3, 0.4) is 0 Å². The summed E-state index contributed by atoms with van der Waals surface area (Å²) < 4.78 is 0. The largest absolute Gasteiger partial charge is 0.481 e. The number of nitrogens with zero attached hydrogens (tertiary/aromatic N) is 1. The van der Waals surface area contributed by atoms with E-state index in [9.17, 15) is 9.59 Å². The van der Waals surface area contributed by atoms with Crippen LogP contribution < -0.4 is 5.32 Å². The minimum absolute atomic E-state index is 0.0826. The molecule has 0 aromatic rings. The van der Waals surface area contributed by atoms with E-state index < -0.39 is 11.4 Å². The number of urea groups is 1. The SMILES string of the molecule is CC(C)NC(=O)N1CC(C)(C(=O)O)C1. The molecular weight excluding hydrogens is 184 g/mol. The van der Waals surface area contributed by atoms with Gasteiger partial charge in [-0.05, 0) is 20.8 Å². The molecule has 0 aromatic carbocycles. The Hall–Kier alpha value is -1.26. The van der Waals surface area contributed by atoms with E-state index in [1.54, 1.807) is 6.92 Å². The molecule has 0 aromatic heterocycles. The van der Waals surface area contributed by atoms with Crippen LogP contribution >= 0.6 is 0 Å². The average Bonchev–Trinajstić information content (AvgIpc) is 1.96. The molecule has 5 heteroatoms. The number of likely N-dealkylation sites (tertiary alicyclic amines) is 1. The minimum atomic E-state index is -0.842. The zero-order valence-electron chi connectivity index (χ0n) is 8.70. The summed E-state index contributed by atoms with van der Waals surface area (Å²) in [5.41, 5.74) is -0.756. The van der Waals surface area contributed by atoms with Gasteiger partial charge in [0.1, 0.15) is 5.41 Å². The molecule has 14 heavy (non-hydrogen) atoms. The predicted molar refractivity (Wildman–Crippen MR) is 51.0 cm³/mol. The topological polar surface area (TPSA) is 69.6 Å². The van der Waals surface area contributed by atoms with Crippen molar-refractivity contribution in [1.29, 1.82) is 0 Å². The van der Waals surface area contributed by atoms with E-state index in [0.29, 0.717) is 13.1 Å². The molecule has 1 fully saturated rings. The summed E-state index contributed by atoms with van der Waals surface area (Å²) in [6.07, 6.45) is 0. The van der Waals surface area contributed by atoms with Crippen molar-refractivity contribution in [2.24, 2.45) is 5.41 Å². The van der Waals surface area contributed by atoms with E-state index in [2.05, 4.69) is 5.32 Å². The number of hydrogen-bond donors (Lipinski definition) is 2. The van der Waals surface area contributed by atoms with Crippen molar-refractivity contribution in [3.05, 3.63) is 0 Å². The summed E-state index contributed by atoms with van der Waals surface area (Å²) in [5, 5.41) is 11.5. The molecule has 1 heterocycles. The highest BCUT2D eigenvalue weighted by Crippen LogP contribution is 2.29. The van der Waals surface area contributed by atoms with Gasteiger partial charge in [0, 0.05) is 19.1 Å². The summed E-state index contributed by atoms with van der Waals surface area (Å²) in [5.74, 6) is -0.842. The Labute approximate surface area is 83.1 Å². The zero-order valence-corrected chi connectivity index (χ0v) is 8.70. The Kier molecular flexibility index (Phi) is 2.69. The normalized spacial score (nSPS) is 19.0. The van der Waals surface area contributed by atoms with Gasteiger partial charge >= 0.3 is 12.0 Å².